The van der Waals surface area contributed by atoms with E-state index >= 15 is 0 Å². The lowest BCUT2D eigenvalue weighted by Crippen LogP contribution is -2.21. The van der Waals surface area contributed by atoms with E-state index in [4.69, 9.17) is 0 Å². The number of carbonyl (C=O) groups is 1. The van der Waals surface area contributed by atoms with Gasteiger partial charge in [-0.1, -0.05) is 0 Å². The van der Waals surface area contributed by atoms with E-state index in [1.54, 1.807) is 13.8 Å². The van der Waals surface area contributed by atoms with Crippen LogP contribution in [0.3, 0.4) is 0 Å². The summed E-state index contributed by atoms with van der Waals surface area (Å²) in [7, 11) is 0. The summed E-state index contributed by atoms with van der Waals surface area (Å²) in [5, 5.41) is 19.7. The van der Waals surface area contributed by atoms with E-state index in [-0.39, 0.29) is 17.6 Å². The highest BCUT2D eigenvalue weighted by Gasteiger charge is 2.10. The molecule has 0 unspecified atom stereocenters. The number of hydrogen-bond donors (Lipinski definition) is 2. The summed E-state index contributed by atoms with van der Waals surface area (Å²) in [5.41, 5.74) is 0.417. The number of aliphatic hydroxyl groups is 1. The van der Waals surface area contributed by atoms with Gasteiger partial charge in [-0.3, -0.25) is 15.1 Å². The highest BCUT2D eigenvalue weighted by Crippen LogP contribution is 2.14. The van der Waals surface area contributed by atoms with E-state index in [9.17, 15) is 15.1 Å². The van der Waals surface area contributed by atoms with Gasteiger partial charge in [-0.15, -0.1) is 0 Å². The number of allylic oxidation sites excluding steroid dienone is 3. The molecule has 4 heteroatoms. The molecule has 0 spiro atoms. The second-order valence-corrected chi connectivity index (χ2v) is 3.32. The molecule has 0 amide bonds. The maximum atomic E-state index is 10.8. The van der Waals surface area contributed by atoms with Crippen molar-refractivity contribution in [2.24, 2.45) is 0 Å². The normalized spacial score (nSPS) is 19.0. The van der Waals surface area contributed by atoms with Crippen LogP contribution in [-0.4, -0.2) is 27.2 Å². The Balaban J connectivity index is 2.84. The Morgan fingerprint density at radius 3 is 2.57 bits per heavy atom. The predicted molar refractivity (Wildman–Crippen MR) is 51.7 cm³/mol. The lowest BCUT2D eigenvalue weighted by Gasteiger charge is -2.18. The monoisotopic (exact) mass is 195 g/mol. The first kappa shape index (κ1) is 10.5. The molecule has 0 atom stereocenters. The molecule has 0 aromatic heterocycles. The van der Waals surface area contributed by atoms with Crippen LogP contribution in [-0.2, 0) is 4.79 Å². The molecule has 4 nitrogen and oxygen atoms in total. The Morgan fingerprint density at radius 2 is 2.07 bits per heavy atom. The molecule has 0 saturated carbocycles. The van der Waals surface area contributed by atoms with Crippen molar-refractivity contribution in [1.82, 2.24) is 5.06 Å². The topological polar surface area (TPSA) is 60.8 Å². The van der Waals surface area contributed by atoms with Gasteiger partial charge in [0, 0.05) is 17.8 Å². The van der Waals surface area contributed by atoms with Crippen molar-refractivity contribution < 1.29 is 15.1 Å². The molecular weight excluding hydrogens is 182 g/mol. The molecule has 14 heavy (non-hydrogen) atoms. The van der Waals surface area contributed by atoms with Crippen LogP contribution in [0.2, 0.25) is 0 Å². The van der Waals surface area contributed by atoms with Gasteiger partial charge in [0.2, 0.25) is 0 Å². The average Bonchev–Trinajstić information content (AvgIpc) is 2.09. The summed E-state index contributed by atoms with van der Waals surface area (Å²) in [5.74, 6) is -0.383. The van der Waals surface area contributed by atoms with Gasteiger partial charge < -0.3 is 5.11 Å². The summed E-state index contributed by atoms with van der Waals surface area (Å²) >= 11 is 0. The standard InChI is InChI=1S/C10H13NO3/c1-7(2)11(14)6-8-3-4-9(12)5-10(8)13/h3-7,13-14H,1-2H3. The fourth-order valence-electron chi connectivity index (χ4n) is 0.924. The Bertz CT molecular complexity index is 326. The van der Waals surface area contributed by atoms with Crippen LogP contribution in [0.25, 0.3) is 0 Å². The van der Waals surface area contributed by atoms with Crippen LogP contribution >= 0.6 is 0 Å². The Labute approximate surface area is 82.4 Å². The number of hydrogen-bond acceptors (Lipinski definition) is 4. The quantitative estimate of drug-likeness (QED) is 0.656. The van der Waals surface area contributed by atoms with Crippen LogP contribution in [0.1, 0.15) is 13.8 Å². The van der Waals surface area contributed by atoms with Gasteiger partial charge in [-0.25, -0.2) is 0 Å². The Morgan fingerprint density at radius 1 is 1.43 bits per heavy atom. The second kappa shape index (κ2) is 4.11. The van der Waals surface area contributed by atoms with Crippen molar-refractivity contribution in [2.75, 3.05) is 0 Å². The van der Waals surface area contributed by atoms with Crippen molar-refractivity contribution >= 4 is 5.78 Å². The third-order valence-electron chi connectivity index (χ3n) is 1.80. The molecule has 1 aliphatic carbocycles. The smallest absolute Gasteiger partial charge is 0.182 e. The minimum absolute atomic E-state index is 0.0821. The zero-order chi connectivity index (χ0) is 10.7. The van der Waals surface area contributed by atoms with E-state index < -0.39 is 0 Å². The minimum Gasteiger partial charge on any atom is -0.507 e. The first-order valence-electron chi connectivity index (χ1n) is 4.33. The molecule has 2 N–H and O–H groups in total. The number of rotatable bonds is 2. The molecular formula is C10H13NO3. The van der Waals surface area contributed by atoms with Crippen LogP contribution in [0, 0.1) is 0 Å². The molecule has 0 aromatic rings. The fourth-order valence-corrected chi connectivity index (χ4v) is 0.924. The molecule has 0 radical (unpaired) electrons. The molecule has 0 heterocycles. The maximum absolute atomic E-state index is 10.8. The van der Waals surface area contributed by atoms with Gasteiger partial charge in [0.25, 0.3) is 0 Å². The molecule has 76 valence electrons. The third-order valence-corrected chi connectivity index (χ3v) is 1.80. The van der Waals surface area contributed by atoms with E-state index in [0.717, 1.165) is 11.1 Å². The molecule has 0 aromatic carbocycles. The molecule has 0 saturated heterocycles. The van der Waals surface area contributed by atoms with Gasteiger partial charge in [0.15, 0.2) is 5.78 Å². The number of aliphatic hydroxyl groups excluding tert-OH is 1. The van der Waals surface area contributed by atoms with Crippen molar-refractivity contribution in [2.45, 2.75) is 19.9 Å². The third kappa shape index (κ3) is 2.47. The van der Waals surface area contributed by atoms with Gasteiger partial charge in [0.05, 0.1) is 6.04 Å². The minimum atomic E-state index is -0.256. The van der Waals surface area contributed by atoms with Gasteiger partial charge >= 0.3 is 0 Å². The Kier molecular flexibility index (Phi) is 3.09. The van der Waals surface area contributed by atoms with Gasteiger partial charge in [-0.2, -0.15) is 0 Å². The van der Waals surface area contributed by atoms with Crippen molar-refractivity contribution in [3.05, 3.63) is 35.8 Å². The number of hydroxylamine groups is 2. The largest absolute Gasteiger partial charge is 0.507 e. The summed E-state index contributed by atoms with van der Waals surface area (Å²) in [6, 6.07) is -0.0821. The van der Waals surface area contributed by atoms with Crippen LogP contribution < -0.4 is 0 Å². The van der Waals surface area contributed by atoms with Crippen molar-refractivity contribution in [3.63, 3.8) is 0 Å². The molecule has 0 fully saturated rings. The zero-order valence-electron chi connectivity index (χ0n) is 8.14. The van der Waals surface area contributed by atoms with E-state index in [0.29, 0.717) is 5.57 Å². The fraction of sp³-hybridized carbons (Fsp3) is 0.300. The second-order valence-electron chi connectivity index (χ2n) is 3.32. The first-order chi connectivity index (χ1) is 6.50. The number of carbonyl (C=O) groups excluding carboxylic acids is 1. The van der Waals surface area contributed by atoms with Gasteiger partial charge in [-0.05, 0) is 26.0 Å². The van der Waals surface area contributed by atoms with E-state index in [2.05, 4.69) is 0 Å². The average molecular weight is 195 g/mol. The van der Waals surface area contributed by atoms with E-state index in [1.807, 2.05) is 0 Å². The van der Waals surface area contributed by atoms with Crippen LogP contribution in [0.4, 0.5) is 0 Å². The summed E-state index contributed by atoms with van der Waals surface area (Å²) in [6.07, 6.45) is 5.28. The lowest BCUT2D eigenvalue weighted by atomic mass is 10.1. The molecule has 0 bridgehead atoms. The summed E-state index contributed by atoms with van der Waals surface area (Å²) < 4.78 is 0. The van der Waals surface area contributed by atoms with Crippen LogP contribution in [0.5, 0.6) is 0 Å². The zero-order valence-corrected chi connectivity index (χ0v) is 8.14. The van der Waals surface area contributed by atoms with Gasteiger partial charge in [0.1, 0.15) is 5.76 Å². The van der Waals surface area contributed by atoms with Crippen molar-refractivity contribution in [1.29, 1.82) is 0 Å². The molecule has 0 aliphatic heterocycles. The van der Waals surface area contributed by atoms with E-state index in [1.165, 1.54) is 18.4 Å². The molecule has 1 rings (SSSR count). The predicted octanol–water partition coefficient (Wildman–Crippen LogP) is 1.55. The number of ketones is 1. The highest BCUT2D eigenvalue weighted by molar-refractivity contribution is 6.01. The van der Waals surface area contributed by atoms with Crippen molar-refractivity contribution in [3.8, 4) is 0 Å². The summed E-state index contributed by atoms with van der Waals surface area (Å²) in [4.78, 5) is 10.8. The Hall–Kier alpha value is -1.55. The first-order valence-corrected chi connectivity index (χ1v) is 4.33. The maximum Gasteiger partial charge on any atom is 0.182 e. The molecule has 1 aliphatic rings. The SMILES string of the molecule is CC(C)N(O)C=C1C=CC(=O)C=C1O. The highest BCUT2D eigenvalue weighted by atomic mass is 16.5. The lowest BCUT2D eigenvalue weighted by molar-refractivity contribution is -0.110. The van der Waals surface area contributed by atoms with Crippen LogP contribution in [0.15, 0.2) is 35.8 Å². The summed E-state index contributed by atoms with van der Waals surface area (Å²) in [6.45, 7) is 3.60. The number of nitrogens with zero attached hydrogens (tertiary/aromatic N) is 1.